The minimum Gasteiger partial charge on any atom is -0.465 e. The molecule has 18 heavy (non-hydrogen) atoms. The Morgan fingerprint density at radius 1 is 1.56 bits per heavy atom. The van der Waals surface area contributed by atoms with Gasteiger partial charge in [0.15, 0.2) is 0 Å². The topological polar surface area (TPSA) is 98.2 Å². The van der Waals surface area contributed by atoms with Crippen LogP contribution in [0.1, 0.15) is 16.1 Å². The van der Waals surface area contributed by atoms with Gasteiger partial charge in [0, 0.05) is 0 Å². The molecule has 0 aliphatic carbocycles. The van der Waals surface area contributed by atoms with Crippen LogP contribution in [0.15, 0.2) is 6.07 Å². The number of esters is 1. The Morgan fingerprint density at radius 3 is 2.61 bits per heavy atom. The number of pyridine rings is 1. The Morgan fingerprint density at radius 2 is 2.17 bits per heavy atom. The zero-order chi connectivity index (χ0) is 13.9. The number of ether oxygens (including phenoxy) is 2. The molecule has 0 spiro atoms. The first kappa shape index (κ1) is 13.6. The third-order valence-corrected chi connectivity index (χ3v) is 1.73. The van der Waals surface area contributed by atoms with Crippen molar-refractivity contribution in [3.05, 3.63) is 17.3 Å². The summed E-state index contributed by atoms with van der Waals surface area (Å²) in [6.45, 7) is 0. The van der Waals surface area contributed by atoms with Gasteiger partial charge in [-0.2, -0.15) is 5.26 Å². The Bertz CT molecular complexity index is 522. The molecular formula is C9H6F3N3O3. The molecule has 9 heteroatoms. The third-order valence-electron chi connectivity index (χ3n) is 1.73. The molecule has 0 aromatic carbocycles. The van der Waals surface area contributed by atoms with Gasteiger partial charge in [0.2, 0.25) is 5.88 Å². The molecule has 0 aliphatic heterocycles. The van der Waals surface area contributed by atoms with E-state index in [0.717, 1.165) is 13.2 Å². The summed E-state index contributed by atoms with van der Waals surface area (Å²) in [7, 11) is 0.956. The summed E-state index contributed by atoms with van der Waals surface area (Å²) < 4.78 is 44.1. The van der Waals surface area contributed by atoms with Gasteiger partial charge in [-0.15, -0.1) is 13.2 Å². The number of anilines is 1. The van der Waals surface area contributed by atoms with Crippen LogP contribution in [0.5, 0.6) is 5.88 Å². The van der Waals surface area contributed by atoms with Crippen LogP contribution in [0.2, 0.25) is 0 Å². The molecular weight excluding hydrogens is 255 g/mol. The molecule has 0 unspecified atom stereocenters. The molecule has 1 aromatic heterocycles. The zero-order valence-corrected chi connectivity index (χ0v) is 8.91. The Hall–Kier alpha value is -2.50. The Labute approximate surface area is 98.7 Å². The molecule has 1 heterocycles. The number of hydrogen-bond acceptors (Lipinski definition) is 6. The third kappa shape index (κ3) is 3.00. The van der Waals surface area contributed by atoms with Crippen LogP contribution in [0.3, 0.4) is 0 Å². The number of methoxy groups -OCH3 is 1. The van der Waals surface area contributed by atoms with Crippen LogP contribution in [-0.4, -0.2) is 24.4 Å². The predicted molar refractivity (Wildman–Crippen MR) is 51.4 cm³/mol. The molecule has 6 nitrogen and oxygen atoms in total. The fraction of sp³-hybridized carbons (Fsp3) is 0.222. The molecule has 0 fully saturated rings. The highest BCUT2D eigenvalue weighted by Crippen LogP contribution is 2.29. The Balaban J connectivity index is 3.39. The molecule has 0 aliphatic rings. The quantitative estimate of drug-likeness (QED) is 0.803. The molecule has 1 aromatic rings. The van der Waals surface area contributed by atoms with E-state index in [1.807, 2.05) is 0 Å². The molecule has 96 valence electrons. The van der Waals surface area contributed by atoms with E-state index in [4.69, 9.17) is 11.0 Å². The molecule has 0 atom stereocenters. The minimum absolute atomic E-state index is 0.396. The maximum atomic E-state index is 12.1. The largest absolute Gasteiger partial charge is 0.574 e. The van der Waals surface area contributed by atoms with Crippen molar-refractivity contribution >= 4 is 11.7 Å². The van der Waals surface area contributed by atoms with Crippen molar-refractivity contribution < 1.29 is 27.4 Å². The van der Waals surface area contributed by atoms with Crippen molar-refractivity contribution in [2.45, 2.75) is 6.36 Å². The fourth-order valence-electron chi connectivity index (χ4n) is 1.09. The summed E-state index contributed by atoms with van der Waals surface area (Å²) in [5.74, 6) is -2.27. The number of halogens is 3. The van der Waals surface area contributed by atoms with Gasteiger partial charge in [-0.25, -0.2) is 9.78 Å². The van der Waals surface area contributed by atoms with Gasteiger partial charge in [0.25, 0.3) is 0 Å². The van der Waals surface area contributed by atoms with Crippen molar-refractivity contribution in [3.63, 3.8) is 0 Å². The van der Waals surface area contributed by atoms with Gasteiger partial charge in [-0.1, -0.05) is 0 Å². The van der Waals surface area contributed by atoms with E-state index < -0.39 is 35.2 Å². The number of nitriles is 1. The summed E-state index contributed by atoms with van der Waals surface area (Å²) in [6, 6.07) is 2.43. The van der Waals surface area contributed by atoms with Crippen LogP contribution in [0.4, 0.5) is 18.9 Å². The standard InChI is InChI=1S/C9H6F3N3O3/c1-17-8(16)6-5(14)2-4(3-13)15-7(6)18-9(10,11)12/h2H,1H3,(H2,14,15). The van der Waals surface area contributed by atoms with Crippen LogP contribution in [-0.2, 0) is 4.74 Å². The first-order chi connectivity index (χ1) is 8.28. The van der Waals surface area contributed by atoms with Crippen LogP contribution in [0, 0.1) is 11.3 Å². The van der Waals surface area contributed by atoms with Gasteiger partial charge >= 0.3 is 12.3 Å². The van der Waals surface area contributed by atoms with Crippen molar-refractivity contribution in [1.29, 1.82) is 5.26 Å². The van der Waals surface area contributed by atoms with Gasteiger partial charge < -0.3 is 15.2 Å². The second-order valence-corrected chi connectivity index (χ2v) is 2.93. The molecule has 0 radical (unpaired) electrons. The molecule has 0 bridgehead atoms. The van der Waals surface area contributed by atoms with Gasteiger partial charge in [-0.3, -0.25) is 0 Å². The van der Waals surface area contributed by atoms with E-state index in [1.54, 1.807) is 0 Å². The fourth-order valence-corrected chi connectivity index (χ4v) is 1.09. The molecule has 0 amide bonds. The number of rotatable bonds is 2. The van der Waals surface area contributed by atoms with Crippen molar-refractivity contribution in [2.75, 3.05) is 12.8 Å². The summed E-state index contributed by atoms with van der Waals surface area (Å²) in [4.78, 5) is 14.5. The average Bonchev–Trinajstić information content (AvgIpc) is 2.25. The highest BCUT2D eigenvalue weighted by atomic mass is 19.4. The van der Waals surface area contributed by atoms with E-state index in [-0.39, 0.29) is 0 Å². The van der Waals surface area contributed by atoms with Crippen LogP contribution < -0.4 is 10.5 Å². The van der Waals surface area contributed by atoms with Crippen LogP contribution >= 0.6 is 0 Å². The Kier molecular flexibility index (Phi) is 3.61. The lowest BCUT2D eigenvalue weighted by molar-refractivity contribution is -0.276. The lowest BCUT2D eigenvalue weighted by Crippen LogP contribution is -2.21. The SMILES string of the molecule is COC(=O)c1c(N)cc(C#N)nc1OC(F)(F)F. The minimum atomic E-state index is -5.07. The van der Waals surface area contributed by atoms with Crippen molar-refractivity contribution in [2.24, 2.45) is 0 Å². The van der Waals surface area contributed by atoms with Gasteiger partial charge in [0.1, 0.15) is 17.3 Å². The number of nitrogen functional groups attached to an aromatic ring is 1. The van der Waals surface area contributed by atoms with Crippen molar-refractivity contribution in [1.82, 2.24) is 4.98 Å². The summed E-state index contributed by atoms with van der Waals surface area (Å²) in [5, 5.41) is 8.55. The second-order valence-electron chi connectivity index (χ2n) is 2.93. The molecule has 0 saturated heterocycles. The molecule has 1 rings (SSSR count). The number of nitrogens with zero attached hydrogens (tertiary/aromatic N) is 2. The number of carbonyl (C=O) groups is 1. The smallest absolute Gasteiger partial charge is 0.465 e. The highest BCUT2D eigenvalue weighted by Gasteiger charge is 2.35. The average molecular weight is 261 g/mol. The lowest BCUT2D eigenvalue weighted by Gasteiger charge is -2.12. The number of hydrogen-bond donors (Lipinski definition) is 1. The maximum absolute atomic E-state index is 12.1. The normalized spacial score (nSPS) is 10.6. The highest BCUT2D eigenvalue weighted by molar-refractivity contribution is 5.97. The number of carbonyl (C=O) groups excluding carboxylic acids is 1. The number of aromatic nitrogens is 1. The summed E-state index contributed by atoms with van der Waals surface area (Å²) in [5.41, 5.74) is 3.85. The van der Waals surface area contributed by atoms with E-state index in [0.29, 0.717) is 0 Å². The number of alkyl halides is 3. The predicted octanol–water partition coefficient (Wildman–Crippen LogP) is 1.22. The van der Waals surface area contributed by atoms with Gasteiger partial charge in [0.05, 0.1) is 12.8 Å². The summed E-state index contributed by atoms with van der Waals surface area (Å²) in [6.07, 6.45) is -5.07. The van der Waals surface area contributed by atoms with E-state index in [2.05, 4.69) is 14.5 Å². The van der Waals surface area contributed by atoms with E-state index in [9.17, 15) is 18.0 Å². The monoisotopic (exact) mass is 261 g/mol. The lowest BCUT2D eigenvalue weighted by atomic mass is 10.2. The first-order valence-corrected chi connectivity index (χ1v) is 4.33. The number of nitrogens with two attached hydrogens (primary N) is 1. The van der Waals surface area contributed by atoms with Gasteiger partial charge in [-0.05, 0) is 6.07 Å². The molecule has 2 N–H and O–H groups in total. The molecule has 0 saturated carbocycles. The van der Waals surface area contributed by atoms with Crippen molar-refractivity contribution in [3.8, 4) is 11.9 Å². The maximum Gasteiger partial charge on any atom is 0.574 e. The van der Waals surface area contributed by atoms with Crippen LogP contribution in [0.25, 0.3) is 0 Å². The van der Waals surface area contributed by atoms with E-state index >= 15 is 0 Å². The summed E-state index contributed by atoms with van der Waals surface area (Å²) >= 11 is 0. The van der Waals surface area contributed by atoms with E-state index in [1.165, 1.54) is 6.07 Å². The zero-order valence-electron chi connectivity index (χ0n) is 8.91. The first-order valence-electron chi connectivity index (χ1n) is 4.33. The second kappa shape index (κ2) is 4.79.